The summed E-state index contributed by atoms with van der Waals surface area (Å²) in [6, 6.07) is 16.1. The van der Waals surface area contributed by atoms with Gasteiger partial charge in [-0.3, -0.25) is 9.36 Å². The van der Waals surface area contributed by atoms with Gasteiger partial charge in [-0.2, -0.15) is 0 Å². The highest BCUT2D eigenvalue weighted by atomic mass is 32.1. The maximum atomic E-state index is 13.1. The predicted molar refractivity (Wildman–Crippen MR) is 103 cm³/mol. The molecule has 0 bridgehead atoms. The van der Waals surface area contributed by atoms with E-state index in [1.165, 1.54) is 23.5 Å². The van der Waals surface area contributed by atoms with Crippen molar-refractivity contribution in [1.29, 1.82) is 0 Å². The summed E-state index contributed by atoms with van der Waals surface area (Å²) in [5.74, 6) is -0.279. The smallest absolute Gasteiger partial charge is 0.271 e. The van der Waals surface area contributed by atoms with Crippen LogP contribution >= 0.6 is 11.3 Å². The molecule has 0 fully saturated rings. The third-order valence-electron chi connectivity index (χ3n) is 4.10. The number of fused-ring (bicyclic) bond motifs is 1. The number of halogens is 1. The normalized spacial score (nSPS) is 14.5. The molecule has 0 spiro atoms. The molecule has 0 N–H and O–H groups in total. The van der Waals surface area contributed by atoms with Crippen LogP contribution in [-0.4, -0.2) is 11.2 Å². The van der Waals surface area contributed by atoms with E-state index in [4.69, 9.17) is 0 Å². The van der Waals surface area contributed by atoms with Gasteiger partial charge in [0.05, 0.1) is 4.53 Å². The van der Waals surface area contributed by atoms with E-state index in [0.29, 0.717) is 22.7 Å². The first-order chi connectivity index (χ1) is 12.7. The van der Waals surface area contributed by atoms with E-state index in [1.807, 2.05) is 53.5 Å². The molecule has 1 aliphatic heterocycles. The molecule has 3 aromatic rings. The van der Waals surface area contributed by atoms with Crippen LogP contribution in [-0.2, 0) is 6.67 Å². The van der Waals surface area contributed by atoms with Gasteiger partial charge >= 0.3 is 0 Å². The van der Waals surface area contributed by atoms with Crippen LogP contribution in [0.5, 0.6) is 0 Å². The van der Waals surface area contributed by atoms with Gasteiger partial charge in [-0.15, -0.1) is 0 Å². The second-order valence-corrected chi connectivity index (χ2v) is 6.88. The average Bonchev–Trinajstić information content (AvgIpc) is 2.99. The quantitative estimate of drug-likeness (QED) is 0.716. The second kappa shape index (κ2) is 7.09. The summed E-state index contributed by atoms with van der Waals surface area (Å²) in [6.45, 7) is 0.862. The maximum Gasteiger partial charge on any atom is 0.271 e. The average molecular weight is 365 g/mol. The van der Waals surface area contributed by atoms with Crippen LogP contribution in [0, 0.1) is 5.82 Å². The zero-order valence-corrected chi connectivity index (χ0v) is 14.7. The lowest BCUT2D eigenvalue weighted by atomic mass is 10.2. The molecule has 4 rings (SSSR count). The fourth-order valence-electron chi connectivity index (χ4n) is 2.75. The van der Waals surface area contributed by atoms with Crippen molar-refractivity contribution < 1.29 is 4.39 Å². The minimum Gasteiger partial charge on any atom is -0.334 e. The zero-order chi connectivity index (χ0) is 17.9. The first-order valence-electron chi connectivity index (χ1n) is 8.19. The van der Waals surface area contributed by atoms with Gasteiger partial charge in [-0.05, 0) is 35.9 Å². The number of benzene rings is 2. The fourth-order valence-corrected chi connectivity index (χ4v) is 3.67. The van der Waals surface area contributed by atoms with E-state index in [2.05, 4.69) is 4.99 Å². The lowest BCUT2D eigenvalue weighted by molar-refractivity contribution is 0.568. The number of anilines is 1. The maximum absolute atomic E-state index is 13.1. The molecule has 0 unspecified atom stereocenters. The van der Waals surface area contributed by atoms with Gasteiger partial charge in [-0.25, -0.2) is 9.38 Å². The van der Waals surface area contributed by atoms with Crippen molar-refractivity contribution in [1.82, 2.24) is 4.57 Å². The van der Waals surface area contributed by atoms with E-state index in [0.717, 1.165) is 11.3 Å². The van der Waals surface area contributed by atoms with Crippen molar-refractivity contribution in [3.8, 4) is 0 Å². The lowest BCUT2D eigenvalue weighted by Gasteiger charge is -2.25. The summed E-state index contributed by atoms with van der Waals surface area (Å²) < 4.78 is 15.4. The largest absolute Gasteiger partial charge is 0.334 e. The third-order valence-corrected chi connectivity index (χ3v) is 5.17. The van der Waals surface area contributed by atoms with Crippen LogP contribution in [0.3, 0.4) is 0 Å². The van der Waals surface area contributed by atoms with E-state index >= 15 is 0 Å². The Kier molecular flexibility index (Phi) is 4.50. The summed E-state index contributed by atoms with van der Waals surface area (Å²) in [4.78, 5) is 19.8. The zero-order valence-electron chi connectivity index (χ0n) is 13.9. The summed E-state index contributed by atoms with van der Waals surface area (Å²) in [6.07, 6.45) is 5.67. The van der Waals surface area contributed by atoms with Crippen LogP contribution in [0.4, 0.5) is 10.1 Å². The van der Waals surface area contributed by atoms with Crippen LogP contribution in [0.2, 0.25) is 0 Å². The molecule has 0 aliphatic carbocycles. The van der Waals surface area contributed by atoms with Crippen molar-refractivity contribution in [3.63, 3.8) is 0 Å². The number of hydrogen-bond donors (Lipinski definition) is 0. The lowest BCUT2D eigenvalue weighted by Crippen LogP contribution is -2.42. The summed E-state index contributed by atoms with van der Waals surface area (Å²) in [5, 5.41) is 0. The Labute approximate surface area is 153 Å². The van der Waals surface area contributed by atoms with E-state index in [-0.39, 0.29) is 11.4 Å². The van der Waals surface area contributed by atoms with Gasteiger partial charge in [0.2, 0.25) is 0 Å². The summed E-state index contributed by atoms with van der Waals surface area (Å²) >= 11 is 1.39. The van der Waals surface area contributed by atoms with E-state index < -0.39 is 0 Å². The van der Waals surface area contributed by atoms with Gasteiger partial charge < -0.3 is 4.90 Å². The Hall–Kier alpha value is -2.99. The van der Waals surface area contributed by atoms with Gasteiger partial charge in [0.15, 0.2) is 4.80 Å². The molecule has 130 valence electrons. The second-order valence-electron chi connectivity index (χ2n) is 5.88. The summed E-state index contributed by atoms with van der Waals surface area (Å²) in [7, 11) is 0. The van der Waals surface area contributed by atoms with Crippen molar-refractivity contribution >= 4 is 29.2 Å². The van der Waals surface area contributed by atoms with Gasteiger partial charge in [0.25, 0.3) is 5.56 Å². The van der Waals surface area contributed by atoms with Gasteiger partial charge in [-0.1, -0.05) is 53.8 Å². The van der Waals surface area contributed by atoms with Crippen molar-refractivity contribution in [2.24, 2.45) is 4.99 Å². The number of rotatable bonds is 3. The van der Waals surface area contributed by atoms with E-state index in [1.54, 1.807) is 16.7 Å². The third kappa shape index (κ3) is 3.36. The number of allylic oxidation sites excluding steroid dienone is 1. The predicted octanol–water partition coefficient (Wildman–Crippen LogP) is 2.60. The molecule has 0 amide bonds. The molecule has 0 radical (unpaired) electrons. The molecule has 1 aromatic heterocycles. The molecule has 2 heterocycles. The standard InChI is InChI=1S/C20H16FN3OS/c21-16-9-11-17(12-10-16)23-13-22-20-24(14-23)19(25)18(26-20)8-4-7-15-5-2-1-3-6-15/h1-12H,13-14H2. The first-order valence-corrected chi connectivity index (χ1v) is 9.00. The molecule has 6 heteroatoms. The first kappa shape index (κ1) is 16.5. The monoisotopic (exact) mass is 365 g/mol. The number of thiazole rings is 1. The molecule has 0 saturated heterocycles. The van der Waals surface area contributed by atoms with Gasteiger partial charge in [0.1, 0.15) is 19.2 Å². The minimum absolute atomic E-state index is 0.0572. The van der Waals surface area contributed by atoms with Crippen molar-refractivity contribution in [2.45, 2.75) is 6.67 Å². The molecule has 26 heavy (non-hydrogen) atoms. The number of nitrogens with zero attached hydrogens (tertiary/aromatic N) is 3. The van der Waals surface area contributed by atoms with Crippen LogP contribution in [0.15, 0.2) is 70.5 Å². The Morgan fingerprint density at radius 3 is 2.62 bits per heavy atom. The molecule has 2 aromatic carbocycles. The minimum atomic E-state index is -0.279. The van der Waals surface area contributed by atoms with Crippen LogP contribution in [0.25, 0.3) is 12.2 Å². The summed E-state index contributed by atoms with van der Waals surface area (Å²) in [5.41, 5.74) is 1.86. The Balaban J connectivity index is 1.61. The Morgan fingerprint density at radius 2 is 1.85 bits per heavy atom. The highest BCUT2D eigenvalue weighted by Gasteiger charge is 2.15. The number of aromatic nitrogens is 1. The number of hydrogen-bond acceptors (Lipinski definition) is 4. The Morgan fingerprint density at radius 1 is 1.08 bits per heavy atom. The Bertz CT molecular complexity index is 1110. The highest BCUT2D eigenvalue weighted by molar-refractivity contribution is 7.07. The van der Waals surface area contributed by atoms with Gasteiger partial charge in [0, 0.05) is 5.69 Å². The van der Waals surface area contributed by atoms with Crippen molar-refractivity contribution in [2.75, 3.05) is 11.6 Å². The van der Waals surface area contributed by atoms with Crippen LogP contribution < -0.4 is 19.8 Å². The van der Waals surface area contributed by atoms with E-state index in [9.17, 15) is 9.18 Å². The highest BCUT2D eigenvalue weighted by Crippen LogP contribution is 2.16. The molecular formula is C20H16FN3OS. The molecule has 1 aliphatic rings. The molecular weight excluding hydrogens is 349 g/mol. The molecule has 0 saturated carbocycles. The molecule has 0 atom stereocenters. The van der Waals surface area contributed by atoms with Crippen molar-refractivity contribution in [3.05, 3.63) is 91.7 Å². The fraction of sp³-hybridized carbons (Fsp3) is 0.100. The topological polar surface area (TPSA) is 37.6 Å². The van der Waals surface area contributed by atoms with Crippen LogP contribution in [0.1, 0.15) is 5.56 Å². The molecule has 4 nitrogen and oxygen atoms in total. The SMILES string of the molecule is O=c1c(=CC=Cc2ccccc2)sc2n1CN(c1ccc(F)cc1)CN=2.